The van der Waals surface area contributed by atoms with Crippen LogP contribution >= 0.6 is 0 Å². The Bertz CT molecular complexity index is 590. The van der Waals surface area contributed by atoms with E-state index in [0.717, 1.165) is 25.0 Å². The summed E-state index contributed by atoms with van der Waals surface area (Å²) in [6.45, 7) is 0.331. The first-order valence-corrected chi connectivity index (χ1v) is 6.20. The van der Waals surface area contributed by atoms with Crippen LogP contribution in [0.4, 0.5) is 5.69 Å². The quantitative estimate of drug-likeness (QED) is 0.651. The Balaban J connectivity index is 2.21. The van der Waals surface area contributed by atoms with E-state index < -0.39 is 16.4 Å². The number of phenolic OH excluding ortho intramolecular Hbond substituents is 1. The monoisotopic (exact) mass is 275 g/mol. The number of carbonyl (C=O) groups is 1. The molecule has 2 rings (SSSR count). The van der Waals surface area contributed by atoms with Gasteiger partial charge in [0.2, 0.25) is 0 Å². The van der Waals surface area contributed by atoms with Crippen molar-refractivity contribution in [1.29, 1.82) is 5.26 Å². The second-order valence-corrected chi connectivity index (χ2v) is 4.60. The highest BCUT2D eigenvalue weighted by Crippen LogP contribution is 2.31. The van der Waals surface area contributed by atoms with Crippen molar-refractivity contribution in [2.45, 2.75) is 25.3 Å². The van der Waals surface area contributed by atoms with Crippen molar-refractivity contribution in [3.8, 4) is 11.8 Å². The fourth-order valence-electron chi connectivity index (χ4n) is 1.98. The molecule has 0 atom stereocenters. The van der Waals surface area contributed by atoms with Crippen molar-refractivity contribution in [3.05, 3.63) is 33.9 Å². The number of nitro groups is 1. The van der Waals surface area contributed by atoms with Crippen LogP contribution in [-0.4, -0.2) is 33.4 Å². The van der Waals surface area contributed by atoms with Crippen molar-refractivity contribution in [2.75, 3.05) is 6.54 Å². The van der Waals surface area contributed by atoms with Gasteiger partial charge < -0.3 is 10.0 Å². The summed E-state index contributed by atoms with van der Waals surface area (Å²) in [5, 5.41) is 28.8. The number of rotatable bonds is 5. The van der Waals surface area contributed by atoms with Gasteiger partial charge in [-0.2, -0.15) is 5.26 Å². The van der Waals surface area contributed by atoms with Gasteiger partial charge in [-0.3, -0.25) is 14.9 Å². The second kappa shape index (κ2) is 5.57. The van der Waals surface area contributed by atoms with Crippen LogP contribution in [0.2, 0.25) is 0 Å². The summed E-state index contributed by atoms with van der Waals surface area (Å²) in [4.78, 5) is 23.8. The zero-order valence-electron chi connectivity index (χ0n) is 10.7. The molecule has 1 saturated carbocycles. The maximum atomic E-state index is 12.3. The minimum atomic E-state index is -0.710. The molecule has 7 nitrogen and oxygen atoms in total. The normalized spacial score (nSPS) is 13.6. The van der Waals surface area contributed by atoms with Gasteiger partial charge in [-0.05, 0) is 25.0 Å². The van der Waals surface area contributed by atoms with Crippen LogP contribution < -0.4 is 0 Å². The van der Waals surface area contributed by atoms with Gasteiger partial charge in [0.25, 0.3) is 5.91 Å². The van der Waals surface area contributed by atoms with E-state index in [1.807, 2.05) is 6.07 Å². The molecular formula is C13H13N3O4. The fraction of sp³-hybridized carbons (Fsp3) is 0.385. The predicted molar refractivity (Wildman–Crippen MR) is 69.0 cm³/mol. The first-order valence-electron chi connectivity index (χ1n) is 6.20. The number of nitriles is 1. The summed E-state index contributed by atoms with van der Waals surface area (Å²) in [5.74, 6) is -0.843. The smallest absolute Gasteiger partial charge is 0.310 e. The second-order valence-electron chi connectivity index (χ2n) is 4.60. The summed E-state index contributed by atoms with van der Waals surface area (Å²) < 4.78 is 0. The first-order chi connectivity index (χ1) is 9.54. The van der Waals surface area contributed by atoms with Crippen LogP contribution in [0.1, 0.15) is 29.6 Å². The highest BCUT2D eigenvalue weighted by molar-refractivity contribution is 5.95. The molecule has 0 radical (unpaired) electrons. The topological polar surface area (TPSA) is 107 Å². The molecule has 0 aromatic heterocycles. The number of nitro benzene ring substituents is 1. The van der Waals surface area contributed by atoms with Crippen LogP contribution in [-0.2, 0) is 0 Å². The molecule has 0 spiro atoms. The highest BCUT2D eigenvalue weighted by Gasteiger charge is 2.33. The van der Waals surface area contributed by atoms with Crippen LogP contribution in [0.25, 0.3) is 0 Å². The Morgan fingerprint density at radius 3 is 2.75 bits per heavy atom. The Labute approximate surface area is 115 Å². The predicted octanol–water partition coefficient (Wildman–Crippen LogP) is 1.82. The lowest BCUT2D eigenvalue weighted by Gasteiger charge is -2.21. The number of phenols is 1. The number of hydrogen-bond donors (Lipinski definition) is 1. The zero-order chi connectivity index (χ0) is 14.7. The average molecular weight is 275 g/mol. The molecule has 1 fully saturated rings. The molecule has 1 aromatic rings. The van der Waals surface area contributed by atoms with Crippen LogP contribution in [0.15, 0.2) is 18.2 Å². The number of nitrogens with zero attached hydrogens (tertiary/aromatic N) is 3. The lowest BCUT2D eigenvalue weighted by Crippen LogP contribution is -2.33. The Morgan fingerprint density at radius 2 is 2.25 bits per heavy atom. The number of hydrogen-bond acceptors (Lipinski definition) is 5. The van der Waals surface area contributed by atoms with Gasteiger partial charge >= 0.3 is 5.69 Å². The maximum absolute atomic E-state index is 12.3. The van der Waals surface area contributed by atoms with E-state index >= 15 is 0 Å². The molecule has 104 valence electrons. The largest absolute Gasteiger partial charge is 0.502 e. The van der Waals surface area contributed by atoms with E-state index in [-0.39, 0.29) is 23.9 Å². The summed E-state index contributed by atoms with van der Waals surface area (Å²) in [6, 6.07) is 5.65. The molecule has 1 aliphatic rings. The van der Waals surface area contributed by atoms with Crippen LogP contribution in [0.5, 0.6) is 5.75 Å². The van der Waals surface area contributed by atoms with Gasteiger partial charge in [0.15, 0.2) is 5.75 Å². The van der Waals surface area contributed by atoms with E-state index in [9.17, 15) is 20.0 Å². The van der Waals surface area contributed by atoms with Gasteiger partial charge in [-0.25, -0.2) is 0 Å². The van der Waals surface area contributed by atoms with Crippen molar-refractivity contribution in [1.82, 2.24) is 4.90 Å². The average Bonchev–Trinajstić information content (AvgIpc) is 3.23. The Hall–Kier alpha value is -2.62. The molecule has 7 heteroatoms. The molecule has 0 aliphatic heterocycles. The fourth-order valence-corrected chi connectivity index (χ4v) is 1.98. The van der Waals surface area contributed by atoms with Crippen molar-refractivity contribution in [3.63, 3.8) is 0 Å². The lowest BCUT2D eigenvalue weighted by molar-refractivity contribution is -0.385. The summed E-state index contributed by atoms with van der Waals surface area (Å²) >= 11 is 0. The van der Waals surface area contributed by atoms with Crippen molar-refractivity contribution >= 4 is 11.6 Å². The molecule has 1 aromatic carbocycles. The lowest BCUT2D eigenvalue weighted by atomic mass is 10.1. The van der Waals surface area contributed by atoms with Crippen LogP contribution in [0.3, 0.4) is 0 Å². The summed E-state index contributed by atoms with van der Waals surface area (Å²) in [6.07, 6.45) is 2.04. The Morgan fingerprint density at radius 1 is 1.55 bits per heavy atom. The molecule has 0 unspecified atom stereocenters. The molecule has 20 heavy (non-hydrogen) atoms. The van der Waals surface area contributed by atoms with Crippen molar-refractivity contribution < 1.29 is 14.8 Å². The third-order valence-corrected chi connectivity index (χ3v) is 3.13. The summed E-state index contributed by atoms with van der Waals surface area (Å²) in [7, 11) is 0. The minimum absolute atomic E-state index is 0.133. The third kappa shape index (κ3) is 2.85. The molecule has 1 N–H and O–H groups in total. The van der Waals surface area contributed by atoms with Crippen molar-refractivity contribution in [2.24, 2.45) is 0 Å². The van der Waals surface area contributed by atoms with E-state index in [1.165, 1.54) is 6.07 Å². The van der Waals surface area contributed by atoms with E-state index in [4.69, 9.17) is 5.26 Å². The molecule has 0 bridgehead atoms. The molecule has 1 amide bonds. The SMILES string of the molecule is N#CCCN(C(=O)c1ccc([N+](=O)[O-])c(O)c1)C1CC1. The standard InChI is InChI=1S/C13H13N3O4/c14-6-1-7-15(10-3-4-10)13(18)9-2-5-11(16(19)20)12(17)8-9/h2,5,8,10,17H,1,3-4,7H2. The zero-order valence-corrected chi connectivity index (χ0v) is 10.7. The van der Waals surface area contributed by atoms with Crippen LogP contribution in [0, 0.1) is 21.4 Å². The van der Waals surface area contributed by atoms with E-state index in [2.05, 4.69) is 0 Å². The van der Waals surface area contributed by atoms with Gasteiger partial charge in [0, 0.05) is 24.2 Å². The molecule has 0 saturated heterocycles. The van der Waals surface area contributed by atoms with E-state index in [0.29, 0.717) is 6.54 Å². The highest BCUT2D eigenvalue weighted by atomic mass is 16.6. The maximum Gasteiger partial charge on any atom is 0.310 e. The van der Waals surface area contributed by atoms with Gasteiger partial charge in [-0.15, -0.1) is 0 Å². The number of amides is 1. The van der Waals surface area contributed by atoms with Gasteiger partial charge in [0.05, 0.1) is 17.4 Å². The van der Waals surface area contributed by atoms with E-state index in [1.54, 1.807) is 4.90 Å². The minimum Gasteiger partial charge on any atom is -0.502 e. The first kappa shape index (κ1) is 13.8. The molecule has 1 aliphatic carbocycles. The summed E-state index contributed by atoms with van der Waals surface area (Å²) in [5.41, 5.74) is -0.241. The third-order valence-electron chi connectivity index (χ3n) is 3.13. The van der Waals surface area contributed by atoms with Gasteiger partial charge in [-0.1, -0.05) is 0 Å². The van der Waals surface area contributed by atoms with Gasteiger partial charge in [0.1, 0.15) is 0 Å². The Kier molecular flexibility index (Phi) is 3.84. The number of carbonyl (C=O) groups excluding carboxylic acids is 1. The number of aromatic hydroxyl groups is 1. The molecule has 0 heterocycles. The number of benzene rings is 1. The molecular weight excluding hydrogens is 262 g/mol.